The summed E-state index contributed by atoms with van der Waals surface area (Å²) in [6.07, 6.45) is 1.51. The van der Waals surface area contributed by atoms with Crippen LogP contribution in [0.15, 0.2) is 12.2 Å². The molecular weight excluding hydrogens is 214 g/mol. The largest absolute Gasteiger partial charge is 0.478 e. The van der Waals surface area contributed by atoms with E-state index in [9.17, 15) is 14.4 Å². The van der Waals surface area contributed by atoms with Gasteiger partial charge in [-0.05, 0) is 20.8 Å². The van der Waals surface area contributed by atoms with Crippen molar-refractivity contribution >= 4 is 17.8 Å². The lowest BCUT2D eigenvalue weighted by atomic mass is 10.2. The summed E-state index contributed by atoms with van der Waals surface area (Å²) in [5.74, 6) is -2.47. The maximum Gasteiger partial charge on any atom is 0.328 e. The van der Waals surface area contributed by atoms with Crippen molar-refractivity contribution in [1.29, 1.82) is 0 Å². The van der Waals surface area contributed by atoms with Crippen molar-refractivity contribution in [2.75, 3.05) is 6.54 Å². The van der Waals surface area contributed by atoms with Crippen molar-refractivity contribution in [3.8, 4) is 0 Å². The zero-order valence-electron chi connectivity index (χ0n) is 9.44. The molecule has 0 heterocycles. The minimum atomic E-state index is -1.23. The summed E-state index contributed by atoms with van der Waals surface area (Å²) >= 11 is 0. The molecule has 90 valence electrons. The van der Waals surface area contributed by atoms with Gasteiger partial charge in [-0.3, -0.25) is 9.59 Å². The highest BCUT2D eigenvalue weighted by atomic mass is 16.6. The van der Waals surface area contributed by atoms with Crippen molar-refractivity contribution in [3.05, 3.63) is 12.2 Å². The molecule has 1 amide bonds. The number of ether oxygens (including phenoxy) is 1. The lowest BCUT2D eigenvalue weighted by Gasteiger charge is -2.19. The van der Waals surface area contributed by atoms with Crippen LogP contribution in [-0.2, 0) is 19.1 Å². The number of amides is 1. The Morgan fingerprint density at radius 1 is 1.25 bits per heavy atom. The fourth-order valence-corrected chi connectivity index (χ4v) is 0.743. The summed E-state index contributed by atoms with van der Waals surface area (Å²) in [6, 6.07) is 0. The second-order valence-electron chi connectivity index (χ2n) is 3.98. The summed E-state index contributed by atoms with van der Waals surface area (Å²) in [5.41, 5.74) is -0.612. The number of hydrogen-bond acceptors (Lipinski definition) is 4. The molecule has 0 unspecified atom stereocenters. The van der Waals surface area contributed by atoms with Crippen molar-refractivity contribution in [2.24, 2.45) is 0 Å². The van der Waals surface area contributed by atoms with Crippen LogP contribution in [0.4, 0.5) is 0 Å². The summed E-state index contributed by atoms with van der Waals surface area (Å²) in [7, 11) is 0. The van der Waals surface area contributed by atoms with Crippen molar-refractivity contribution in [2.45, 2.75) is 26.4 Å². The van der Waals surface area contributed by atoms with Crippen LogP contribution >= 0.6 is 0 Å². The van der Waals surface area contributed by atoms with Crippen molar-refractivity contribution < 1.29 is 24.2 Å². The Morgan fingerprint density at radius 3 is 2.25 bits per heavy atom. The minimum Gasteiger partial charge on any atom is -0.478 e. The fourth-order valence-electron chi connectivity index (χ4n) is 0.743. The van der Waals surface area contributed by atoms with E-state index < -0.39 is 23.4 Å². The highest BCUT2D eigenvalue weighted by Gasteiger charge is 2.16. The molecule has 0 rings (SSSR count). The van der Waals surface area contributed by atoms with Gasteiger partial charge in [0, 0.05) is 12.2 Å². The Bertz CT molecular complexity index is 314. The van der Waals surface area contributed by atoms with Crippen LogP contribution in [0.2, 0.25) is 0 Å². The van der Waals surface area contributed by atoms with Gasteiger partial charge in [0.25, 0.3) is 0 Å². The van der Waals surface area contributed by atoms with Gasteiger partial charge in [0.2, 0.25) is 5.91 Å². The zero-order chi connectivity index (χ0) is 12.8. The van der Waals surface area contributed by atoms with E-state index in [2.05, 4.69) is 5.32 Å². The molecular formula is C10H15NO5. The van der Waals surface area contributed by atoms with E-state index in [0.717, 1.165) is 6.08 Å². The average molecular weight is 229 g/mol. The smallest absolute Gasteiger partial charge is 0.328 e. The molecule has 0 atom stereocenters. The maximum absolute atomic E-state index is 11.1. The lowest BCUT2D eigenvalue weighted by Crippen LogP contribution is -2.33. The molecule has 0 bridgehead atoms. The molecule has 16 heavy (non-hydrogen) atoms. The van der Waals surface area contributed by atoms with Crippen LogP contribution in [0.25, 0.3) is 0 Å². The van der Waals surface area contributed by atoms with Crippen LogP contribution < -0.4 is 5.32 Å². The topological polar surface area (TPSA) is 92.7 Å². The number of carboxylic acid groups (broad SMARTS) is 1. The Morgan fingerprint density at radius 2 is 1.81 bits per heavy atom. The van der Waals surface area contributed by atoms with Gasteiger partial charge in [0.15, 0.2) is 0 Å². The van der Waals surface area contributed by atoms with Gasteiger partial charge in [-0.25, -0.2) is 4.79 Å². The van der Waals surface area contributed by atoms with E-state index in [-0.39, 0.29) is 6.54 Å². The molecule has 0 fully saturated rings. The first-order valence-electron chi connectivity index (χ1n) is 4.61. The number of nitrogens with one attached hydrogen (secondary N) is 1. The standard InChI is InChI=1S/C10H15NO5/c1-10(2,3)16-9(15)6-11-7(12)4-5-8(13)14/h4-5H,6H2,1-3H3,(H,11,12)(H,13,14)/b5-4-. The van der Waals surface area contributed by atoms with E-state index >= 15 is 0 Å². The highest BCUT2D eigenvalue weighted by Crippen LogP contribution is 2.05. The molecule has 0 radical (unpaired) electrons. The zero-order valence-corrected chi connectivity index (χ0v) is 9.44. The number of carbonyl (C=O) groups is 3. The third-order valence-corrected chi connectivity index (χ3v) is 1.20. The first-order chi connectivity index (χ1) is 7.20. The molecule has 0 aromatic heterocycles. The molecule has 0 aliphatic rings. The minimum absolute atomic E-state index is 0.292. The van der Waals surface area contributed by atoms with Gasteiger partial charge in [-0.2, -0.15) is 0 Å². The fraction of sp³-hybridized carbons (Fsp3) is 0.500. The second-order valence-corrected chi connectivity index (χ2v) is 3.98. The van der Waals surface area contributed by atoms with Gasteiger partial charge in [0.1, 0.15) is 12.1 Å². The van der Waals surface area contributed by atoms with Gasteiger partial charge >= 0.3 is 11.9 Å². The molecule has 6 heteroatoms. The van der Waals surface area contributed by atoms with Crippen LogP contribution in [-0.4, -0.2) is 35.1 Å². The molecule has 0 aromatic rings. The molecule has 0 aromatic carbocycles. The number of rotatable bonds is 4. The van der Waals surface area contributed by atoms with Crippen LogP contribution in [0.5, 0.6) is 0 Å². The average Bonchev–Trinajstić information content (AvgIpc) is 2.08. The van der Waals surface area contributed by atoms with E-state index in [1.165, 1.54) is 0 Å². The Balaban J connectivity index is 3.93. The highest BCUT2D eigenvalue weighted by molar-refractivity contribution is 5.95. The Labute approximate surface area is 93.3 Å². The monoisotopic (exact) mass is 229 g/mol. The van der Waals surface area contributed by atoms with Crippen LogP contribution in [0.3, 0.4) is 0 Å². The number of hydrogen-bond donors (Lipinski definition) is 2. The van der Waals surface area contributed by atoms with Crippen molar-refractivity contribution in [1.82, 2.24) is 5.32 Å². The number of aliphatic carboxylic acids is 1. The number of esters is 1. The molecule has 6 nitrogen and oxygen atoms in total. The van der Waals surface area contributed by atoms with E-state index in [4.69, 9.17) is 9.84 Å². The first kappa shape index (κ1) is 14.2. The van der Waals surface area contributed by atoms with Gasteiger partial charge < -0.3 is 15.2 Å². The molecule has 0 aliphatic heterocycles. The molecule has 0 aliphatic carbocycles. The van der Waals surface area contributed by atoms with Gasteiger partial charge in [0.05, 0.1) is 0 Å². The predicted octanol–water partition coefficient (Wildman–Crippen LogP) is 0.0851. The van der Waals surface area contributed by atoms with Crippen LogP contribution in [0.1, 0.15) is 20.8 Å². The summed E-state index contributed by atoms with van der Waals surface area (Å²) in [6.45, 7) is 4.82. The molecule has 0 spiro atoms. The Hall–Kier alpha value is -1.85. The van der Waals surface area contributed by atoms with Gasteiger partial charge in [-0.1, -0.05) is 0 Å². The quantitative estimate of drug-likeness (QED) is 0.526. The van der Waals surface area contributed by atoms with Crippen molar-refractivity contribution in [3.63, 3.8) is 0 Å². The summed E-state index contributed by atoms with van der Waals surface area (Å²) < 4.78 is 4.92. The molecule has 0 saturated heterocycles. The summed E-state index contributed by atoms with van der Waals surface area (Å²) in [5, 5.41) is 10.4. The molecule has 0 saturated carbocycles. The lowest BCUT2D eigenvalue weighted by molar-refractivity contribution is -0.154. The van der Waals surface area contributed by atoms with E-state index in [1.807, 2.05) is 0 Å². The van der Waals surface area contributed by atoms with E-state index in [0.29, 0.717) is 6.08 Å². The maximum atomic E-state index is 11.1. The van der Waals surface area contributed by atoms with E-state index in [1.54, 1.807) is 20.8 Å². The Kier molecular flexibility index (Phi) is 5.21. The predicted molar refractivity (Wildman–Crippen MR) is 55.6 cm³/mol. The third kappa shape index (κ3) is 8.74. The molecule has 2 N–H and O–H groups in total. The number of carbonyl (C=O) groups excluding carboxylic acids is 2. The first-order valence-corrected chi connectivity index (χ1v) is 4.61. The second kappa shape index (κ2) is 5.89. The van der Waals surface area contributed by atoms with Crippen LogP contribution in [0, 0.1) is 0 Å². The SMILES string of the molecule is CC(C)(C)OC(=O)CNC(=O)/C=C\C(=O)O. The third-order valence-electron chi connectivity index (χ3n) is 1.20. The van der Waals surface area contributed by atoms with Gasteiger partial charge in [-0.15, -0.1) is 0 Å². The number of carboxylic acids is 1. The summed E-state index contributed by atoms with van der Waals surface area (Å²) in [4.78, 5) is 32.1. The normalized spacial score (nSPS) is 11.2.